The van der Waals surface area contributed by atoms with Gasteiger partial charge >= 0.3 is 0 Å². The van der Waals surface area contributed by atoms with Gasteiger partial charge in [0.25, 0.3) is 5.91 Å². The van der Waals surface area contributed by atoms with Crippen molar-refractivity contribution in [2.45, 2.75) is 26.5 Å². The largest absolute Gasteiger partial charge is 0.481 e. The lowest BCUT2D eigenvalue weighted by atomic mass is 10.2. The highest BCUT2D eigenvalue weighted by Gasteiger charge is 2.14. The maximum Gasteiger partial charge on any atom is 0.261 e. The average molecular weight is 304 g/mol. The van der Waals surface area contributed by atoms with Gasteiger partial charge in [-0.1, -0.05) is 41.4 Å². The Hall–Kier alpha value is -2.00. The van der Waals surface area contributed by atoms with Crippen LogP contribution in [0.15, 0.2) is 48.5 Å². The molecule has 0 spiro atoms. The fourth-order valence-electron chi connectivity index (χ4n) is 1.81. The summed E-state index contributed by atoms with van der Waals surface area (Å²) in [6.45, 7) is 4.20. The number of nitrogens with one attached hydrogen (secondary N) is 1. The minimum Gasteiger partial charge on any atom is -0.481 e. The first-order chi connectivity index (χ1) is 10.0. The predicted octanol–water partition coefficient (Wildman–Crippen LogP) is 3.73. The van der Waals surface area contributed by atoms with Gasteiger partial charge in [0.1, 0.15) is 5.75 Å². The molecule has 3 nitrogen and oxygen atoms in total. The van der Waals surface area contributed by atoms with Crippen LogP contribution in [-0.4, -0.2) is 12.0 Å². The number of hydrogen-bond acceptors (Lipinski definition) is 2. The molecule has 0 saturated carbocycles. The average Bonchev–Trinajstić information content (AvgIpc) is 2.48. The third kappa shape index (κ3) is 4.80. The summed E-state index contributed by atoms with van der Waals surface area (Å²) in [7, 11) is 0. The lowest BCUT2D eigenvalue weighted by Gasteiger charge is -2.15. The highest BCUT2D eigenvalue weighted by atomic mass is 35.5. The smallest absolute Gasteiger partial charge is 0.261 e. The minimum absolute atomic E-state index is 0.148. The van der Waals surface area contributed by atoms with Crippen LogP contribution in [0.5, 0.6) is 5.75 Å². The number of ether oxygens (including phenoxy) is 1. The number of amides is 1. The van der Waals surface area contributed by atoms with Crippen LogP contribution in [0, 0.1) is 6.92 Å². The van der Waals surface area contributed by atoms with Crippen molar-refractivity contribution < 1.29 is 9.53 Å². The molecular formula is C17H18ClNO2. The number of halogens is 1. The highest BCUT2D eigenvalue weighted by molar-refractivity contribution is 6.30. The molecule has 2 rings (SSSR count). The first-order valence-electron chi connectivity index (χ1n) is 6.80. The van der Waals surface area contributed by atoms with E-state index in [0.717, 1.165) is 11.1 Å². The Morgan fingerprint density at radius 2 is 1.76 bits per heavy atom. The molecule has 0 bridgehead atoms. The maximum absolute atomic E-state index is 12.0. The van der Waals surface area contributed by atoms with Crippen molar-refractivity contribution >= 4 is 17.5 Å². The zero-order chi connectivity index (χ0) is 15.2. The van der Waals surface area contributed by atoms with E-state index in [4.69, 9.17) is 16.3 Å². The van der Waals surface area contributed by atoms with Crippen molar-refractivity contribution in [2.24, 2.45) is 0 Å². The SMILES string of the molecule is Cc1ccc(O[C@H](C)C(=O)NCc2ccc(Cl)cc2)cc1. The van der Waals surface area contributed by atoms with Gasteiger partial charge in [-0.05, 0) is 43.7 Å². The molecule has 110 valence electrons. The van der Waals surface area contributed by atoms with Gasteiger partial charge in [-0.15, -0.1) is 0 Å². The monoisotopic (exact) mass is 303 g/mol. The summed E-state index contributed by atoms with van der Waals surface area (Å²) in [6, 6.07) is 15.0. The van der Waals surface area contributed by atoms with Gasteiger partial charge in [-0.2, -0.15) is 0 Å². The van der Waals surface area contributed by atoms with Crippen LogP contribution in [0.4, 0.5) is 0 Å². The maximum atomic E-state index is 12.0. The molecule has 0 saturated heterocycles. The van der Waals surface area contributed by atoms with E-state index in [1.54, 1.807) is 19.1 Å². The molecular weight excluding hydrogens is 286 g/mol. The summed E-state index contributed by atoms with van der Waals surface area (Å²) in [4.78, 5) is 12.0. The summed E-state index contributed by atoms with van der Waals surface area (Å²) >= 11 is 5.82. The van der Waals surface area contributed by atoms with Gasteiger partial charge in [-0.3, -0.25) is 4.79 Å². The third-order valence-electron chi connectivity index (χ3n) is 3.08. The van der Waals surface area contributed by atoms with Crippen molar-refractivity contribution in [2.75, 3.05) is 0 Å². The second-order valence-electron chi connectivity index (χ2n) is 4.92. The molecule has 2 aromatic rings. The molecule has 0 aliphatic heterocycles. The van der Waals surface area contributed by atoms with E-state index >= 15 is 0 Å². The minimum atomic E-state index is -0.542. The molecule has 0 radical (unpaired) electrons. The van der Waals surface area contributed by atoms with Crippen molar-refractivity contribution in [1.29, 1.82) is 0 Å². The van der Waals surface area contributed by atoms with Crippen LogP contribution >= 0.6 is 11.6 Å². The summed E-state index contributed by atoms with van der Waals surface area (Å²) in [5.41, 5.74) is 2.15. The van der Waals surface area contributed by atoms with Crippen LogP contribution in [0.3, 0.4) is 0 Å². The summed E-state index contributed by atoms with van der Waals surface area (Å²) in [5, 5.41) is 3.52. The number of benzene rings is 2. The molecule has 1 N–H and O–H groups in total. The third-order valence-corrected chi connectivity index (χ3v) is 3.34. The van der Waals surface area contributed by atoms with Crippen molar-refractivity contribution in [3.63, 3.8) is 0 Å². The van der Waals surface area contributed by atoms with Crippen LogP contribution in [0.2, 0.25) is 5.02 Å². The van der Waals surface area contributed by atoms with Gasteiger partial charge in [0.05, 0.1) is 0 Å². The van der Waals surface area contributed by atoms with Gasteiger partial charge < -0.3 is 10.1 Å². The summed E-state index contributed by atoms with van der Waals surface area (Å²) < 4.78 is 5.61. The normalized spacial score (nSPS) is 11.8. The Morgan fingerprint density at radius 1 is 1.14 bits per heavy atom. The van der Waals surface area contributed by atoms with E-state index in [1.165, 1.54) is 0 Å². The Labute approximate surface area is 129 Å². The Morgan fingerprint density at radius 3 is 2.38 bits per heavy atom. The van der Waals surface area contributed by atoms with Crippen LogP contribution in [0.1, 0.15) is 18.1 Å². The Balaban J connectivity index is 1.84. The number of aryl methyl sites for hydroxylation is 1. The van der Waals surface area contributed by atoms with Gasteiger partial charge in [0.15, 0.2) is 6.10 Å². The topological polar surface area (TPSA) is 38.3 Å². The molecule has 0 fully saturated rings. The lowest BCUT2D eigenvalue weighted by Crippen LogP contribution is -2.35. The number of rotatable bonds is 5. The van der Waals surface area contributed by atoms with E-state index in [9.17, 15) is 4.79 Å². The van der Waals surface area contributed by atoms with E-state index in [1.807, 2.05) is 43.3 Å². The van der Waals surface area contributed by atoms with E-state index in [-0.39, 0.29) is 5.91 Å². The van der Waals surface area contributed by atoms with Gasteiger partial charge in [0, 0.05) is 11.6 Å². The Bertz CT molecular complexity index is 593. The lowest BCUT2D eigenvalue weighted by molar-refractivity contribution is -0.127. The predicted molar refractivity (Wildman–Crippen MR) is 84.6 cm³/mol. The zero-order valence-corrected chi connectivity index (χ0v) is 12.9. The van der Waals surface area contributed by atoms with Crippen molar-refractivity contribution in [3.05, 3.63) is 64.7 Å². The molecule has 1 atom stereocenters. The van der Waals surface area contributed by atoms with Crippen molar-refractivity contribution in [1.82, 2.24) is 5.32 Å². The molecule has 0 unspecified atom stereocenters. The number of carbonyl (C=O) groups excluding carboxylic acids is 1. The second-order valence-corrected chi connectivity index (χ2v) is 5.35. The molecule has 1 amide bonds. The van der Waals surface area contributed by atoms with Gasteiger partial charge in [-0.25, -0.2) is 0 Å². The van der Waals surface area contributed by atoms with Crippen LogP contribution in [-0.2, 0) is 11.3 Å². The summed E-state index contributed by atoms with van der Waals surface area (Å²) in [6.07, 6.45) is -0.542. The fourth-order valence-corrected chi connectivity index (χ4v) is 1.94. The number of carbonyl (C=O) groups is 1. The molecule has 4 heteroatoms. The van der Waals surface area contributed by atoms with Crippen molar-refractivity contribution in [3.8, 4) is 5.75 Å². The molecule has 0 aliphatic carbocycles. The Kier molecular flexibility index (Phi) is 5.23. The second kappa shape index (κ2) is 7.14. The van der Waals surface area contributed by atoms with E-state index in [0.29, 0.717) is 17.3 Å². The fraction of sp³-hybridized carbons (Fsp3) is 0.235. The zero-order valence-electron chi connectivity index (χ0n) is 12.1. The first kappa shape index (κ1) is 15.4. The molecule has 0 aromatic heterocycles. The number of hydrogen-bond donors (Lipinski definition) is 1. The van der Waals surface area contributed by atoms with E-state index in [2.05, 4.69) is 5.32 Å². The van der Waals surface area contributed by atoms with Crippen LogP contribution < -0.4 is 10.1 Å². The van der Waals surface area contributed by atoms with Crippen LogP contribution in [0.25, 0.3) is 0 Å². The molecule has 0 aliphatic rings. The first-order valence-corrected chi connectivity index (χ1v) is 7.18. The molecule has 0 heterocycles. The standard InChI is InChI=1S/C17H18ClNO2/c1-12-3-9-16(10-4-12)21-13(2)17(20)19-11-14-5-7-15(18)8-6-14/h3-10,13H,11H2,1-2H3,(H,19,20)/t13-/m1/s1. The molecule has 21 heavy (non-hydrogen) atoms. The quantitative estimate of drug-likeness (QED) is 0.914. The summed E-state index contributed by atoms with van der Waals surface area (Å²) in [5.74, 6) is 0.542. The van der Waals surface area contributed by atoms with E-state index < -0.39 is 6.10 Å². The molecule has 2 aromatic carbocycles. The highest BCUT2D eigenvalue weighted by Crippen LogP contribution is 2.13. The van der Waals surface area contributed by atoms with Gasteiger partial charge in [0.2, 0.25) is 0 Å².